The van der Waals surface area contributed by atoms with E-state index in [-0.39, 0.29) is 6.10 Å². The summed E-state index contributed by atoms with van der Waals surface area (Å²) in [4.78, 5) is 0. The van der Waals surface area contributed by atoms with Crippen LogP contribution in [0.4, 0.5) is 5.69 Å². The molecule has 0 saturated heterocycles. The molecule has 0 atom stereocenters. The maximum Gasteiger partial charge on any atom is 0.143 e. The van der Waals surface area contributed by atoms with Gasteiger partial charge in [0.1, 0.15) is 5.75 Å². The van der Waals surface area contributed by atoms with E-state index in [9.17, 15) is 0 Å². The minimum Gasteiger partial charge on any atom is -0.489 e. The molecule has 0 aromatic heterocycles. The third kappa shape index (κ3) is 4.60. The van der Waals surface area contributed by atoms with Crippen LogP contribution in [0.1, 0.15) is 19.4 Å². The first kappa shape index (κ1) is 17.6. The first-order valence-corrected chi connectivity index (χ1v) is 8.21. The van der Waals surface area contributed by atoms with Crippen LogP contribution in [0.15, 0.2) is 30.3 Å². The molecule has 2 aromatic carbocycles. The Balaban J connectivity index is 2.24. The summed E-state index contributed by atoms with van der Waals surface area (Å²) in [5.41, 5.74) is 1.63. The van der Waals surface area contributed by atoms with Gasteiger partial charge in [0.2, 0.25) is 0 Å². The lowest BCUT2D eigenvalue weighted by Crippen LogP contribution is -2.10. The zero-order valence-electron chi connectivity index (χ0n) is 12.1. The number of hydrogen-bond acceptors (Lipinski definition) is 2. The summed E-state index contributed by atoms with van der Waals surface area (Å²) in [6.07, 6.45) is 0.0107. The van der Waals surface area contributed by atoms with Crippen molar-refractivity contribution in [2.45, 2.75) is 26.5 Å². The third-order valence-electron chi connectivity index (χ3n) is 2.84. The van der Waals surface area contributed by atoms with Gasteiger partial charge in [0.15, 0.2) is 0 Å². The van der Waals surface area contributed by atoms with Crippen molar-refractivity contribution in [1.29, 1.82) is 0 Å². The molecule has 0 unspecified atom stereocenters. The van der Waals surface area contributed by atoms with Gasteiger partial charge < -0.3 is 10.1 Å². The van der Waals surface area contributed by atoms with E-state index in [0.717, 1.165) is 11.3 Å². The van der Waals surface area contributed by atoms with E-state index >= 15 is 0 Å². The number of hydrogen-bond donors (Lipinski definition) is 1. The molecule has 0 heterocycles. The van der Waals surface area contributed by atoms with Gasteiger partial charge in [-0.3, -0.25) is 0 Å². The lowest BCUT2D eigenvalue weighted by Gasteiger charge is -2.17. The summed E-state index contributed by atoms with van der Waals surface area (Å²) in [5, 5.41) is 5.41. The fraction of sp³-hybridized carbons (Fsp3) is 0.250. The molecule has 0 amide bonds. The van der Waals surface area contributed by atoms with Gasteiger partial charge in [-0.1, -0.05) is 46.4 Å². The average molecular weight is 379 g/mol. The molecule has 2 rings (SSSR count). The summed E-state index contributed by atoms with van der Waals surface area (Å²) in [7, 11) is 0. The highest BCUT2D eigenvalue weighted by Crippen LogP contribution is 2.34. The molecule has 2 aromatic rings. The molecule has 22 heavy (non-hydrogen) atoms. The normalized spacial score (nSPS) is 10.9. The van der Waals surface area contributed by atoms with E-state index in [1.54, 1.807) is 18.2 Å². The second-order valence-corrected chi connectivity index (χ2v) is 6.71. The highest BCUT2D eigenvalue weighted by atomic mass is 35.5. The third-order valence-corrected chi connectivity index (χ3v) is 3.89. The second kappa shape index (κ2) is 7.65. The van der Waals surface area contributed by atoms with Crippen molar-refractivity contribution >= 4 is 52.1 Å². The van der Waals surface area contributed by atoms with Crippen LogP contribution < -0.4 is 10.1 Å². The predicted molar refractivity (Wildman–Crippen MR) is 96.0 cm³/mol. The Morgan fingerprint density at radius 2 is 1.64 bits per heavy atom. The highest BCUT2D eigenvalue weighted by Gasteiger charge is 2.13. The van der Waals surface area contributed by atoms with Gasteiger partial charge in [-0.05, 0) is 44.2 Å². The molecular weight excluding hydrogens is 364 g/mol. The molecule has 0 aliphatic heterocycles. The average Bonchev–Trinajstić information content (AvgIpc) is 2.41. The van der Waals surface area contributed by atoms with Crippen molar-refractivity contribution < 1.29 is 4.74 Å². The topological polar surface area (TPSA) is 21.3 Å². The van der Waals surface area contributed by atoms with E-state index in [0.29, 0.717) is 32.4 Å². The molecule has 0 aliphatic carbocycles. The van der Waals surface area contributed by atoms with Crippen LogP contribution >= 0.6 is 46.4 Å². The van der Waals surface area contributed by atoms with Crippen molar-refractivity contribution in [3.63, 3.8) is 0 Å². The number of nitrogens with one attached hydrogen (secondary N) is 1. The molecule has 0 radical (unpaired) electrons. The SMILES string of the molecule is CC(C)Oc1c(Cl)cc(Cl)cc1CNc1ccc(Cl)cc1Cl. The van der Waals surface area contributed by atoms with Crippen LogP contribution in [-0.4, -0.2) is 6.10 Å². The lowest BCUT2D eigenvalue weighted by atomic mass is 10.2. The standard InChI is InChI=1S/C16H15Cl4NO/c1-9(2)22-16-10(5-12(18)7-14(16)20)8-21-15-4-3-11(17)6-13(15)19/h3-7,9,21H,8H2,1-2H3. The molecule has 118 valence electrons. The van der Waals surface area contributed by atoms with E-state index < -0.39 is 0 Å². The maximum absolute atomic E-state index is 6.23. The Labute approximate surface area is 150 Å². The fourth-order valence-corrected chi connectivity index (χ4v) is 2.99. The molecule has 0 spiro atoms. The smallest absolute Gasteiger partial charge is 0.143 e. The van der Waals surface area contributed by atoms with Gasteiger partial charge in [0, 0.05) is 22.2 Å². The van der Waals surface area contributed by atoms with E-state index in [2.05, 4.69) is 5.32 Å². The first-order chi connectivity index (χ1) is 10.4. The summed E-state index contributed by atoms with van der Waals surface area (Å²) < 4.78 is 5.78. The van der Waals surface area contributed by atoms with Crippen molar-refractivity contribution in [3.05, 3.63) is 56.0 Å². The number of rotatable bonds is 5. The largest absolute Gasteiger partial charge is 0.489 e. The van der Waals surface area contributed by atoms with Crippen LogP contribution in [0.5, 0.6) is 5.75 Å². The summed E-state index contributed by atoms with van der Waals surface area (Å²) >= 11 is 24.4. The zero-order chi connectivity index (χ0) is 16.3. The van der Waals surface area contributed by atoms with Crippen LogP contribution in [-0.2, 0) is 6.54 Å². The van der Waals surface area contributed by atoms with Crippen LogP contribution in [0, 0.1) is 0 Å². The second-order valence-electron chi connectivity index (χ2n) is 5.02. The molecule has 0 bridgehead atoms. The van der Waals surface area contributed by atoms with E-state index in [4.69, 9.17) is 51.1 Å². The number of halogens is 4. The quantitative estimate of drug-likeness (QED) is 0.624. The lowest BCUT2D eigenvalue weighted by molar-refractivity contribution is 0.240. The van der Waals surface area contributed by atoms with Crippen molar-refractivity contribution in [2.75, 3.05) is 5.32 Å². The van der Waals surface area contributed by atoms with E-state index in [1.165, 1.54) is 0 Å². The molecule has 1 N–H and O–H groups in total. The molecule has 0 saturated carbocycles. The van der Waals surface area contributed by atoms with Crippen LogP contribution in [0.2, 0.25) is 20.1 Å². The number of benzene rings is 2. The molecular formula is C16H15Cl4NO. The van der Waals surface area contributed by atoms with Gasteiger partial charge in [0.25, 0.3) is 0 Å². The Bertz CT molecular complexity index is 673. The van der Waals surface area contributed by atoms with Gasteiger partial charge in [-0.2, -0.15) is 0 Å². The monoisotopic (exact) mass is 377 g/mol. The van der Waals surface area contributed by atoms with Gasteiger partial charge in [-0.25, -0.2) is 0 Å². The van der Waals surface area contributed by atoms with Gasteiger partial charge in [-0.15, -0.1) is 0 Å². The molecule has 2 nitrogen and oxygen atoms in total. The Morgan fingerprint density at radius 1 is 0.955 bits per heavy atom. The van der Waals surface area contributed by atoms with Crippen molar-refractivity contribution in [2.24, 2.45) is 0 Å². The van der Waals surface area contributed by atoms with Crippen LogP contribution in [0.25, 0.3) is 0 Å². The fourth-order valence-electron chi connectivity index (χ4n) is 1.94. The number of anilines is 1. The zero-order valence-corrected chi connectivity index (χ0v) is 15.1. The van der Waals surface area contributed by atoms with Crippen molar-refractivity contribution in [3.8, 4) is 5.75 Å². The summed E-state index contributed by atoms with van der Waals surface area (Å²) in [5.74, 6) is 0.624. The Hall–Kier alpha value is -0.800. The Kier molecular flexibility index (Phi) is 6.10. The summed E-state index contributed by atoms with van der Waals surface area (Å²) in [6, 6.07) is 8.76. The molecule has 0 aliphatic rings. The van der Waals surface area contributed by atoms with Crippen LogP contribution in [0.3, 0.4) is 0 Å². The number of ether oxygens (including phenoxy) is 1. The summed E-state index contributed by atoms with van der Waals surface area (Å²) in [6.45, 7) is 4.36. The van der Waals surface area contributed by atoms with Gasteiger partial charge in [0.05, 0.1) is 21.8 Å². The van der Waals surface area contributed by atoms with Crippen molar-refractivity contribution in [1.82, 2.24) is 0 Å². The Morgan fingerprint density at radius 3 is 2.27 bits per heavy atom. The van der Waals surface area contributed by atoms with E-state index in [1.807, 2.05) is 26.0 Å². The predicted octanol–water partition coefficient (Wildman–Crippen LogP) is 6.70. The first-order valence-electron chi connectivity index (χ1n) is 6.70. The highest BCUT2D eigenvalue weighted by molar-refractivity contribution is 6.36. The molecule has 6 heteroatoms. The van der Waals surface area contributed by atoms with Gasteiger partial charge >= 0.3 is 0 Å². The molecule has 0 fully saturated rings. The maximum atomic E-state index is 6.23. The minimum absolute atomic E-state index is 0.0107. The minimum atomic E-state index is 0.0107.